The smallest absolute Gasteiger partial charge is 0.217 e. The molecule has 1 aromatic heterocycles. The maximum Gasteiger partial charge on any atom is 0.217 e. The molecule has 0 bridgehead atoms. The number of methoxy groups -OCH3 is 3. The van der Waals surface area contributed by atoms with E-state index in [-0.39, 0.29) is 0 Å². The van der Waals surface area contributed by atoms with Crippen LogP contribution in [0.1, 0.15) is 22.9 Å². The van der Waals surface area contributed by atoms with Gasteiger partial charge >= 0.3 is 0 Å². The van der Waals surface area contributed by atoms with Crippen LogP contribution in [0.3, 0.4) is 0 Å². The zero-order valence-corrected chi connectivity index (χ0v) is 12.9. The maximum atomic E-state index is 10.8. The summed E-state index contributed by atoms with van der Waals surface area (Å²) < 4.78 is 17.6. The van der Waals surface area contributed by atoms with Crippen molar-refractivity contribution in [3.63, 3.8) is 0 Å². The molecular formula is C15H20N2O4. The molecule has 6 heteroatoms. The number of hydrogen-bond donors (Lipinski definition) is 1. The fourth-order valence-electron chi connectivity index (χ4n) is 2.50. The van der Waals surface area contributed by atoms with Crippen LogP contribution >= 0.6 is 0 Å². The standard InChI is InChI=1S/C15H20N2O4/c1-9-12(15(21-5)17(2)16-9)14(18)13-10(19-3)7-6-8-11(13)20-4/h6-8,14,18H,1-5H3. The average molecular weight is 292 g/mol. The predicted octanol–water partition coefficient (Wildman–Crippen LogP) is 1.84. The van der Waals surface area contributed by atoms with Crippen LogP contribution < -0.4 is 14.2 Å². The molecule has 0 aliphatic rings. The summed E-state index contributed by atoms with van der Waals surface area (Å²) in [4.78, 5) is 0. The van der Waals surface area contributed by atoms with Crippen LogP contribution in [0.2, 0.25) is 0 Å². The van der Waals surface area contributed by atoms with E-state index in [1.54, 1.807) is 51.3 Å². The van der Waals surface area contributed by atoms with Gasteiger partial charge in [-0.25, -0.2) is 4.68 Å². The minimum atomic E-state index is -0.959. The number of aliphatic hydroxyl groups excluding tert-OH is 1. The molecule has 2 aromatic rings. The lowest BCUT2D eigenvalue weighted by molar-refractivity contribution is 0.202. The van der Waals surface area contributed by atoms with Crippen LogP contribution in [-0.4, -0.2) is 36.2 Å². The summed E-state index contributed by atoms with van der Waals surface area (Å²) >= 11 is 0. The highest BCUT2D eigenvalue weighted by Crippen LogP contribution is 2.41. The molecular weight excluding hydrogens is 272 g/mol. The van der Waals surface area contributed by atoms with Crippen LogP contribution in [0, 0.1) is 6.92 Å². The summed E-state index contributed by atoms with van der Waals surface area (Å²) in [5.74, 6) is 1.60. The second-order valence-electron chi connectivity index (χ2n) is 4.61. The van der Waals surface area contributed by atoms with E-state index in [4.69, 9.17) is 14.2 Å². The Morgan fingerprint density at radius 2 is 1.62 bits per heavy atom. The summed E-state index contributed by atoms with van der Waals surface area (Å²) in [6.45, 7) is 1.82. The first-order chi connectivity index (χ1) is 10.0. The van der Waals surface area contributed by atoms with Gasteiger partial charge in [-0.05, 0) is 19.1 Å². The summed E-state index contributed by atoms with van der Waals surface area (Å²) in [5.41, 5.74) is 1.84. The number of aromatic nitrogens is 2. The normalized spacial score (nSPS) is 12.1. The molecule has 6 nitrogen and oxygen atoms in total. The van der Waals surface area contributed by atoms with Gasteiger partial charge < -0.3 is 19.3 Å². The lowest BCUT2D eigenvalue weighted by Crippen LogP contribution is -2.07. The molecule has 1 unspecified atom stereocenters. The zero-order valence-electron chi connectivity index (χ0n) is 12.9. The zero-order chi connectivity index (χ0) is 15.6. The Labute approximate surface area is 123 Å². The molecule has 114 valence electrons. The van der Waals surface area contributed by atoms with E-state index in [1.807, 2.05) is 6.92 Å². The number of hydrogen-bond acceptors (Lipinski definition) is 5. The fourth-order valence-corrected chi connectivity index (χ4v) is 2.50. The molecule has 1 N–H and O–H groups in total. The van der Waals surface area contributed by atoms with Crippen molar-refractivity contribution in [1.29, 1.82) is 0 Å². The molecule has 0 saturated heterocycles. The van der Waals surface area contributed by atoms with Gasteiger partial charge in [0.1, 0.15) is 17.6 Å². The highest BCUT2D eigenvalue weighted by molar-refractivity contribution is 5.52. The van der Waals surface area contributed by atoms with Gasteiger partial charge in [0.25, 0.3) is 0 Å². The first-order valence-corrected chi connectivity index (χ1v) is 6.51. The number of benzene rings is 1. The Bertz CT molecular complexity index is 615. The molecule has 0 fully saturated rings. The average Bonchev–Trinajstić information content (AvgIpc) is 2.79. The molecule has 0 saturated carbocycles. The number of nitrogens with zero attached hydrogens (tertiary/aromatic N) is 2. The molecule has 0 aliphatic carbocycles. The first kappa shape index (κ1) is 15.2. The Morgan fingerprint density at radius 1 is 1.05 bits per heavy atom. The first-order valence-electron chi connectivity index (χ1n) is 6.51. The third-order valence-corrected chi connectivity index (χ3v) is 3.42. The van der Waals surface area contributed by atoms with Crippen molar-refractivity contribution < 1.29 is 19.3 Å². The molecule has 21 heavy (non-hydrogen) atoms. The van der Waals surface area contributed by atoms with Crippen molar-refractivity contribution in [2.24, 2.45) is 7.05 Å². The van der Waals surface area contributed by atoms with Gasteiger partial charge in [-0.2, -0.15) is 5.10 Å². The quantitative estimate of drug-likeness (QED) is 0.911. The van der Waals surface area contributed by atoms with Crippen molar-refractivity contribution in [2.45, 2.75) is 13.0 Å². The monoisotopic (exact) mass is 292 g/mol. The number of aryl methyl sites for hydroxylation is 2. The molecule has 0 spiro atoms. The summed E-state index contributed by atoms with van der Waals surface area (Å²) in [7, 11) is 6.42. The van der Waals surface area contributed by atoms with Gasteiger partial charge in [0.2, 0.25) is 5.88 Å². The Balaban J connectivity index is 2.62. The minimum absolute atomic E-state index is 0.507. The lowest BCUT2D eigenvalue weighted by atomic mass is 9.99. The number of ether oxygens (including phenoxy) is 3. The molecule has 1 aromatic carbocycles. The van der Waals surface area contributed by atoms with Gasteiger partial charge in [0, 0.05) is 7.05 Å². The Morgan fingerprint density at radius 3 is 2.10 bits per heavy atom. The van der Waals surface area contributed by atoms with E-state index in [0.29, 0.717) is 34.2 Å². The molecule has 1 heterocycles. The van der Waals surface area contributed by atoms with Crippen molar-refractivity contribution in [3.8, 4) is 17.4 Å². The highest BCUT2D eigenvalue weighted by Gasteiger charge is 2.28. The highest BCUT2D eigenvalue weighted by atomic mass is 16.5. The second-order valence-corrected chi connectivity index (χ2v) is 4.61. The van der Waals surface area contributed by atoms with E-state index >= 15 is 0 Å². The Hall–Kier alpha value is -2.21. The van der Waals surface area contributed by atoms with Crippen LogP contribution in [-0.2, 0) is 7.05 Å². The molecule has 2 rings (SSSR count). The summed E-state index contributed by atoms with van der Waals surface area (Å²) in [6.07, 6.45) is -0.959. The molecule has 0 aliphatic heterocycles. The van der Waals surface area contributed by atoms with Crippen LogP contribution in [0.5, 0.6) is 17.4 Å². The predicted molar refractivity (Wildman–Crippen MR) is 78.1 cm³/mol. The largest absolute Gasteiger partial charge is 0.496 e. The van der Waals surface area contributed by atoms with Gasteiger partial charge in [-0.3, -0.25) is 0 Å². The van der Waals surface area contributed by atoms with Gasteiger partial charge in [-0.15, -0.1) is 0 Å². The third-order valence-electron chi connectivity index (χ3n) is 3.42. The topological polar surface area (TPSA) is 65.7 Å². The fraction of sp³-hybridized carbons (Fsp3) is 0.400. The second kappa shape index (κ2) is 6.05. The summed E-state index contributed by atoms with van der Waals surface area (Å²) in [6, 6.07) is 5.36. The molecule has 0 radical (unpaired) electrons. The van der Waals surface area contributed by atoms with E-state index < -0.39 is 6.10 Å². The van der Waals surface area contributed by atoms with Crippen LogP contribution in [0.15, 0.2) is 18.2 Å². The van der Waals surface area contributed by atoms with Crippen molar-refractivity contribution >= 4 is 0 Å². The summed E-state index contributed by atoms with van der Waals surface area (Å²) in [5, 5.41) is 15.1. The minimum Gasteiger partial charge on any atom is -0.496 e. The SMILES string of the molecule is COc1cccc(OC)c1C(O)c1c(C)nn(C)c1OC. The van der Waals surface area contributed by atoms with Crippen molar-refractivity contribution in [3.05, 3.63) is 35.0 Å². The van der Waals surface area contributed by atoms with Gasteiger partial charge in [0.05, 0.1) is 38.2 Å². The van der Waals surface area contributed by atoms with Crippen LogP contribution in [0.4, 0.5) is 0 Å². The lowest BCUT2D eigenvalue weighted by Gasteiger charge is -2.18. The van der Waals surface area contributed by atoms with Crippen molar-refractivity contribution in [2.75, 3.05) is 21.3 Å². The Kier molecular flexibility index (Phi) is 4.37. The van der Waals surface area contributed by atoms with Gasteiger partial charge in [0.15, 0.2) is 0 Å². The van der Waals surface area contributed by atoms with Gasteiger partial charge in [-0.1, -0.05) is 6.07 Å². The van der Waals surface area contributed by atoms with Crippen molar-refractivity contribution in [1.82, 2.24) is 9.78 Å². The number of rotatable bonds is 5. The molecule has 0 amide bonds. The third kappa shape index (κ3) is 2.54. The maximum absolute atomic E-state index is 10.8. The van der Waals surface area contributed by atoms with Crippen LogP contribution in [0.25, 0.3) is 0 Å². The molecule has 1 atom stereocenters. The van der Waals surface area contributed by atoms with E-state index in [9.17, 15) is 5.11 Å². The van der Waals surface area contributed by atoms with E-state index in [0.717, 1.165) is 0 Å². The number of aliphatic hydroxyl groups is 1. The van der Waals surface area contributed by atoms with E-state index in [2.05, 4.69) is 5.10 Å². The van der Waals surface area contributed by atoms with E-state index in [1.165, 1.54) is 0 Å².